The number of para-hydroxylation sites is 1. The van der Waals surface area contributed by atoms with Gasteiger partial charge in [0.15, 0.2) is 5.58 Å². The number of aromatic nitrogens is 3. The van der Waals surface area contributed by atoms with E-state index >= 15 is 0 Å². The largest absolute Gasteiger partial charge is 0.456 e. The normalized spacial score (nSPS) is 11.6. The van der Waals surface area contributed by atoms with Crippen LogP contribution in [-0.4, -0.2) is 15.0 Å². The summed E-state index contributed by atoms with van der Waals surface area (Å²) in [6.07, 6.45) is 3.65. The van der Waals surface area contributed by atoms with E-state index in [1.807, 2.05) is 116 Å². The quantitative estimate of drug-likeness (QED) is 0.152. The first-order valence-corrected chi connectivity index (χ1v) is 18.5. The molecule has 0 spiro atoms. The monoisotopic (exact) mass is 721 g/mol. The molecule has 11 rings (SSSR count). The first-order chi connectivity index (χ1) is 27.7. The fourth-order valence-corrected chi connectivity index (χ4v) is 7.73. The van der Waals surface area contributed by atoms with Gasteiger partial charge in [-0.15, -0.1) is 0 Å². The van der Waals surface area contributed by atoms with Crippen LogP contribution in [0.15, 0.2) is 197 Å². The van der Waals surface area contributed by atoms with Crippen LogP contribution in [0.3, 0.4) is 0 Å². The number of pyridine rings is 2. The molecule has 0 radical (unpaired) electrons. The van der Waals surface area contributed by atoms with Crippen LogP contribution in [0.1, 0.15) is 0 Å². The van der Waals surface area contributed by atoms with Gasteiger partial charge in [0.2, 0.25) is 5.89 Å². The van der Waals surface area contributed by atoms with E-state index in [4.69, 9.17) is 23.8 Å². The van der Waals surface area contributed by atoms with Gasteiger partial charge in [0.25, 0.3) is 0 Å². The number of oxazole rings is 1. The van der Waals surface area contributed by atoms with Crippen LogP contribution in [0.25, 0.3) is 66.0 Å². The highest BCUT2D eigenvalue weighted by Crippen LogP contribution is 2.41. The molecular formula is C49H31N5O2. The Labute approximate surface area is 321 Å². The van der Waals surface area contributed by atoms with Crippen molar-refractivity contribution in [2.45, 2.75) is 0 Å². The van der Waals surface area contributed by atoms with Gasteiger partial charge in [-0.25, -0.2) is 15.0 Å². The van der Waals surface area contributed by atoms with Crippen molar-refractivity contribution in [1.29, 1.82) is 0 Å². The number of hydrogen-bond donors (Lipinski definition) is 0. The maximum absolute atomic E-state index is 6.28. The summed E-state index contributed by atoms with van der Waals surface area (Å²) in [6, 6.07) is 60.2. The summed E-state index contributed by atoms with van der Waals surface area (Å²) in [5.74, 6) is 2.23. The molecule has 0 aliphatic heterocycles. The summed E-state index contributed by atoms with van der Waals surface area (Å²) in [5.41, 5.74) is 8.11. The molecule has 0 saturated carbocycles. The molecule has 264 valence electrons. The van der Waals surface area contributed by atoms with E-state index < -0.39 is 0 Å². The summed E-state index contributed by atoms with van der Waals surface area (Å²) in [4.78, 5) is 18.7. The topological polar surface area (TPSA) is 71.4 Å². The van der Waals surface area contributed by atoms with E-state index in [-0.39, 0.29) is 0 Å². The number of fused-ring (bicyclic) bond motifs is 7. The maximum atomic E-state index is 6.28. The molecule has 0 atom stereocenters. The Morgan fingerprint density at radius 3 is 1.62 bits per heavy atom. The summed E-state index contributed by atoms with van der Waals surface area (Å²) < 4.78 is 12.4. The number of furan rings is 1. The summed E-state index contributed by atoms with van der Waals surface area (Å²) in [6.45, 7) is 0. The Hall–Kier alpha value is -7.77. The molecule has 0 aliphatic carbocycles. The molecule has 7 heteroatoms. The second kappa shape index (κ2) is 13.0. The Balaban J connectivity index is 0.998. The van der Waals surface area contributed by atoms with Crippen LogP contribution < -0.4 is 9.80 Å². The van der Waals surface area contributed by atoms with Gasteiger partial charge >= 0.3 is 0 Å². The van der Waals surface area contributed by atoms with Crippen molar-refractivity contribution >= 4 is 89.0 Å². The molecule has 0 fully saturated rings. The Bertz CT molecular complexity index is 3210. The Kier molecular flexibility index (Phi) is 7.35. The summed E-state index contributed by atoms with van der Waals surface area (Å²) in [7, 11) is 0. The standard InChI is InChI=1S/C49H31N5O2/c1-2-10-32(11-3-1)49-52-43-24-20-38(31-46(43)56-49)54(48-15-7-9-27-51-48)36-19-23-40-34(29-36)17-16-33-28-35(18-22-39(33)40)53(47-14-6-8-26-50-47)37-21-25-45-42(30-37)41-12-4-5-13-44(41)55-45/h1-31H. The molecule has 11 aromatic rings. The van der Waals surface area contributed by atoms with E-state index in [2.05, 4.69) is 82.6 Å². The van der Waals surface area contributed by atoms with Gasteiger partial charge in [-0.1, -0.05) is 72.8 Å². The predicted molar refractivity (Wildman–Crippen MR) is 227 cm³/mol. The molecule has 0 amide bonds. The van der Waals surface area contributed by atoms with Gasteiger partial charge in [0.05, 0.1) is 5.69 Å². The SMILES string of the molecule is c1ccc(-c2nc3ccc(N(c4ccc5c(ccc6cc(N(c7ccc8oc9ccccc9c8c7)c7ccccn7)ccc65)c4)c4ccccn4)cc3o2)cc1. The molecule has 0 saturated heterocycles. The average Bonchev–Trinajstić information content (AvgIpc) is 3.86. The number of rotatable bonds is 7. The van der Waals surface area contributed by atoms with Gasteiger partial charge < -0.3 is 8.83 Å². The number of benzene rings is 7. The molecule has 7 nitrogen and oxygen atoms in total. The zero-order valence-electron chi connectivity index (χ0n) is 30.0. The third-order valence-electron chi connectivity index (χ3n) is 10.3. The molecule has 4 heterocycles. The van der Waals surface area contributed by atoms with Crippen molar-refractivity contribution < 1.29 is 8.83 Å². The van der Waals surface area contributed by atoms with Gasteiger partial charge in [-0.05, 0) is 119 Å². The first-order valence-electron chi connectivity index (χ1n) is 18.5. The van der Waals surface area contributed by atoms with Crippen LogP contribution in [0.5, 0.6) is 0 Å². The van der Waals surface area contributed by atoms with E-state index in [0.717, 1.165) is 88.9 Å². The lowest BCUT2D eigenvalue weighted by molar-refractivity contribution is 0.620. The minimum atomic E-state index is 0.596. The lowest BCUT2D eigenvalue weighted by Gasteiger charge is -2.25. The van der Waals surface area contributed by atoms with Crippen molar-refractivity contribution in [2.75, 3.05) is 9.80 Å². The zero-order chi connectivity index (χ0) is 37.0. The van der Waals surface area contributed by atoms with E-state index in [0.29, 0.717) is 11.5 Å². The highest BCUT2D eigenvalue weighted by Gasteiger charge is 2.19. The van der Waals surface area contributed by atoms with Crippen LogP contribution >= 0.6 is 0 Å². The number of hydrogen-bond acceptors (Lipinski definition) is 7. The lowest BCUT2D eigenvalue weighted by Crippen LogP contribution is -2.11. The first kappa shape index (κ1) is 31.7. The van der Waals surface area contributed by atoms with Crippen molar-refractivity contribution in [3.8, 4) is 11.5 Å². The fraction of sp³-hybridized carbons (Fsp3) is 0. The fourth-order valence-electron chi connectivity index (χ4n) is 7.73. The lowest BCUT2D eigenvalue weighted by atomic mass is 10.00. The number of nitrogens with zero attached hydrogens (tertiary/aromatic N) is 5. The smallest absolute Gasteiger partial charge is 0.227 e. The van der Waals surface area contributed by atoms with Crippen LogP contribution in [0.2, 0.25) is 0 Å². The maximum Gasteiger partial charge on any atom is 0.227 e. The third-order valence-corrected chi connectivity index (χ3v) is 10.3. The molecule has 0 aliphatic rings. The average molecular weight is 722 g/mol. The van der Waals surface area contributed by atoms with Crippen molar-refractivity contribution in [3.63, 3.8) is 0 Å². The zero-order valence-corrected chi connectivity index (χ0v) is 30.0. The van der Waals surface area contributed by atoms with Gasteiger partial charge in [0, 0.05) is 51.9 Å². The predicted octanol–water partition coefficient (Wildman–Crippen LogP) is 13.4. The van der Waals surface area contributed by atoms with Crippen molar-refractivity contribution in [1.82, 2.24) is 15.0 Å². The second-order valence-corrected chi connectivity index (χ2v) is 13.7. The molecule has 56 heavy (non-hydrogen) atoms. The van der Waals surface area contributed by atoms with Gasteiger partial charge in [0.1, 0.15) is 28.3 Å². The van der Waals surface area contributed by atoms with E-state index in [9.17, 15) is 0 Å². The van der Waals surface area contributed by atoms with Gasteiger partial charge in [-0.2, -0.15) is 0 Å². The Morgan fingerprint density at radius 1 is 0.375 bits per heavy atom. The van der Waals surface area contributed by atoms with Crippen LogP contribution in [-0.2, 0) is 0 Å². The van der Waals surface area contributed by atoms with E-state index in [1.165, 1.54) is 0 Å². The van der Waals surface area contributed by atoms with Crippen LogP contribution in [0, 0.1) is 0 Å². The highest BCUT2D eigenvalue weighted by molar-refractivity contribution is 6.10. The highest BCUT2D eigenvalue weighted by atomic mass is 16.3. The molecule has 0 N–H and O–H groups in total. The molecule has 4 aromatic heterocycles. The van der Waals surface area contributed by atoms with Gasteiger partial charge in [-0.3, -0.25) is 9.80 Å². The molecule has 0 unspecified atom stereocenters. The summed E-state index contributed by atoms with van der Waals surface area (Å²) >= 11 is 0. The number of anilines is 6. The molecule has 7 aromatic carbocycles. The second-order valence-electron chi connectivity index (χ2n) is 13.7. The Morgan fingerprint density at radius 2 is 0.946 bits per heavy atom. The molecular weight excluding hydrogens is 691 g/mol. The van der Waals surface area contributed by atoms with Crippen molar-refractivity contribution in [3.05, 3.63) is 188 Å². The summed E-state index contributed by atoms with van der Waals surface area (Å²) in [5, 5.41) is 6.73. The van der Waals surface area contributed by atoms with Crippen LogP contribution in [0.4, 0.5) is 34.4 Å². The minimum absolute atomic E-state index is 0.596. The van der Waals surface area contributed by atoms with E-state index in [1.54, 1.807) is 0 Å². The minimum Gasteiger partial charge on any atom is -0.456 e. The molecule has 0 bridgehead atoms. The third kappa shape index (κ3) is 5.41. The van der Waals surface area contributed by atoms with Crippen molar-refractivity contribution in [2.24, 2.45) is 0 Å².